The highest BCUT2D eigenvalue weighted by Gasteiger charge is 2.04. The first-order chi connectivity index (χ1) is 8.13. The lowest BCUT2D eigenvalue weighted by Gasteiger charge is -2.07. The standard InChI is InChI=1S/C11H16N4O2/c1-8-5-13-3-2-9(8)6-14-11(17)7-15-10(16)4-12/h2-3,5H,4,6-7,12H2,1H3,(H,14,17)(H,15,16). The zero-order valence-corrected chi connectivity index (χ0v) is 9.69. The number of amides is 2. The predicted octanol–water partition coefficient (Wildman–Crippen LogP) is -0.919. The van der Waals surface area contributed by atoms with Crippen molar-refractivity contribution in [2.75, 3.05) is 13.1 Å². The lowest BCUT2D eigenvalue weighted by Crippen LogP contribution is -2.39. The summed E-state index contributed by atoms with van der Waals surface area (Å²) in [4.78, 5) is 26.1. The molecule has 1 rings (SSSR count). The van der Waals surface area contributed by atoms with Crippen molar-refractivity contribution >= 4 is 11.8 Å². The molecule has 0 aliphatic carbocycles. The lowest BCUT2D eigenvalue weighted by atomic mass is 10.1. The second kappa shape index (κ2) is 6.59. The third-order valence-electron chi connectivity index (χ3n) is 2.24. The molecule has 0 saturated carbocycles. The van der Waals surface area contributed by atoms with Crippen molar-refractivity contribution in [1.82, 2.24) is 15.6 Å². The minimum atomic E-state index is -0.347. The Morgan fingerprint density at radius 1 is 1.35 bits per heavy atom. The molecule has 0 radical (unpaired) electrons. The number of carbonyl (C=O) groups excluding carboxylic acids is 2. The Balaban J connectivity index is 2.34. The molecule has 0 aromatic carbocycles. The Bertz CT molecular complexity index is 406. The molecule has 0 unspecified atom stereocenters. The van der Waals surface area contributed by atoms with Crippen LogP contribution < -0.4 is 16.4 Å². The topological polar surface area (TPSA) is 97.1 Å². The molecule has 0 aliphatic heterocycles. The fraction of sp³-hybridized carbons (Fsp3) is 0.364. The highest BCUT2D eigenvalue weighted by molar-refractivity contribution is 5.85. The van der Waals surface area contributed by atoms with Gasteiger partial charge in [0.2, 0.25) is 11.8 Å². The van der Waals surface area contributed by atoms with Gasteiger partial charge in [-0.3, -0.25) is 14.6 Å². The van der Waals surface area contributed by atoms with Crippen molar-refractivity contribution < 1.29 is 9.59 Å². The number of nitrogens with one attached hydrogen (secondary N) is 2. The minimum absolute atomic E-state index is 0.0554. The molecule has 6 heteroatoms. The van der Waals surface area contributed by atoms with Crippen LogP contribution in [0.2, 0.25) is 0 Å². The van der Waals surface area contributed by atoms with E-state index in [1.165, 1.54) is 0 Å². The van der Waals surface area contributed by atoms with Gasteiger partial charge in [-0.15, -0.1) is 0 Å². The summed E-state index contributed by atoms with van der Waals surface area (Å²) < 4.78 is 0. The predicted molar refractivity (Wildman–Crippen MR) is 62.9 cm³/mol. The number of nitrogens with zero attached hydrogens (tertiary/aromatic N) is 1. The van der Waals surface area contributed by atoms with Crippen LogP contribution in [0.3, 0.4) is 0 Å². The molecule has 0 atom stereocenters. The molecule has 0 bridgehead atoms. The summed E-state index contributed by atoms with van der Waals surface area (Å²) in [5.41, 5.74) is 7.10. The normalized spacial score (nSPS) is 9.76. The maximum atomic E-state index is 11.4. The van der Waals surface area contributed by atoms with Crippen LogP contribution in [0.25, 0.3) is 0 Å². The van der Waals surface area contributed by atoms with E-state index in [9.17, 15) is 9.59 Å². The highest BCUT2D eigenvalue weighted by Crippen LogP contribution is 2.03. The molecule has 17 heavy (non-hydrogen) atoms. The van der Waals surface area contributed by atoms with Crippen molar-refractivity contribution in [2.45, 2.75) is 13.5 Å². The van der Waals surface area contributed by atoms with Crippen LogP contribution in [-0.2, 0) is 16.1 Å². The van der Waals surface area contributed by atoms with Crippen molar-refractivity contribution in [2.24, 2.45) is 5.73 Å². The van der Waals surface area contributed by atoms with Gasteiger partial charge in [-0.2, -0.15) is 0 Å². The van der Waals surface area contributed by atoms with Gasteiger partial charge in [0.05, 0.1) is 13.1 Å². The maximum absolute atomic E-state index is 11.4. The summed E-state index contributed by atoms with van der Waals surface area (Å²) in [6, 6.07) is 1.84. The summed E-state index contributed by atoms with van der Waals surface area (Å²) in [6.07, 6.45) is 3.41. The average molecular weight is 236 g/mol. The third kappa shape index (κ3) is 4.60. The molecule has 0 spiro atoms. The minimum Gasteiger partial charge on any atom is -0.350 e. The van der Waals surface area contributed by atoms with Gasteiger partial charge in [-0.1, -0.05) is 0 Å². The van der Waals surface area contributed by atoms with Gasteiger partial charge in [0.15, 0.2) is 0 Å². The Kier molecular flexibility index (Phi) is 5.09. The molecule has 0 aliphatic rings. The van der Waals surface area contributed by atoms with E-state index in [4.69, 9.17) is 5.73 Å². The quantitative estimate of drug-likeness (QED) is 0.616. The maximum Gasteiger partial charge on any atom is 0.239 e. The zero-order chi connectivity index (χ0) is 12.7. The third-order valence-corrected chi connectivity index (χ3v) is 2.24. The summed E-state index contributed by atoms with van der Waals surface area (Å²) in [7, 11) is 0. The van der Waals surface area contributed by atoms with E-state index >= 15 is 0 Å². The van der Waals surface area contributed by atoms with Crippen molar-refractivity contribution in [3.05, 3.63) is 29.6 Å². The van der Waals surface area contributed by atoms with Crippen LogP contribution in [-0.4, -0.2) is 29.9 Å². The number of aromatic nitrogens is 1. The Hall–Kier alpha value is -1.95. The first-order valence-corrected chi connectivity index (χ1v) is 5.26. The fourth-order valence-corrected chi connectivity index (χ4v) is 1.21. The molecule has 1 heterocycles. The molecule has 1 aromatic rings. The summed E-state index contributed by atoms with van der Waals surface area (Å²) in [6.45, 7) is 2.17. The highest BCUT2D eigenvalue weighted by atomic mass is 16.2. The van der Waals surface area contributed by atoms with E-state index in [-0.39, 0.29) is 24.9 Å². The van der Waals surface area contributed by atoms with E-state index in [0.717, 1.165) is 11.1 Å². The van der Waals surface area contributed by atoms with E-state index in [1.807, 2.05) is 13.0 Å². The number of hydrogen-bond donors (Lipinski definition) is 3. The summed E-state index contributed by atoms with van der Waals surface area (Å²) in [5, 5.41) is 5.09. The largest absolute Gasteiger partial charge is 0.350 e. The molecule has 4 N–H and O–H groups in total. The zero-order valence-electron chi connectivity index (χ0n) is 9.69. The molecule has 0 saturated heterocycles. The number of hydrogen-bond acceptors (Lipinski definition) is 4. The number of carbonyl (C=O) groups is 2. The van der Waals surface area contributed by atoms with Crippen LogP contribution in [0.4, 0.5) is 0 Å². The molecule has 6 nitrogen and oxygen atoms in total. The first kappa shape index (κ1) is 13.1. The van der Waals surface area contributed by atoms with Gasteiger partial charge in [0, 0.05) is 18.9 Å². The smallest absolute Gasteiger partial charge is 0.239 e. The second-order valence-corrected chi connectivity index (χ2v) is 3.56. The average Bonchev–Trinajstić information content (AvgIpc) is 2.35. The van der Waals surface area contributed by atoms with Gasteiger partial charge < -0.3 is 16.4 Å². The van der Waals surface area contributed by atoms with E-state index < -0.39 is 0 Å². The monoisotopic (exact) mass is 236 g/mol. The second-order valence-electron chi connectivity index (χ2n) is 3.56. The molecule has 0 fully saturated rings. The number of rotatable bonds is 5. The van der Waals surface area contributed by atoms with Crippen molar-refractivity contribution in [3.63, 3.8) is 0 Å². The molecular weight excluding hydrogens is 220 g/mol. The first-order valence-electron chi connectivity index (χ1n) is 5.26. The number of nitrogens with two attached hydrogens (primary N) is 1. The van der Waals surface area contributed by atoms with Crippen molar-refractivity contribution in [3.8, 4) is 0 Å². The van der Waals surface area contributed by atoms with Crippen molar-refractivity contribution in [1.29, 1.82) is 0 Å². The van der Waals surface area contributed by atoms with E-state index in [2.05, 4.69) is 15.6 Å². The molecule has 92 valence electrons. The lowest BCUT2D eigenvalue weighted by molar-refractivity contribution is -0.125. The van der Waals surface area contributed by atoms with Gasteiger partial charge in [-0.25, -0.2) is 0 Å². The van der Waals surface area contributed by atoms with Crippen LogP contribution in [0.1, 0.15) is 11.1 Å². The van der Waals surface area contributed by atoms with Crippen LogP contribution >= 0.6 is 0 Å². The summed E-state index contributed by atoms with van der Waals surface area (Å²) >= 11 is 0. The fourth-order valence-electron chi connectivity index (χ4n) is 1.21. The van der Waals surface area contributed by atoms with Crippen LogP contribution in [0.15, 0.2) is 18.5 Å². The Morgan fingerprint density at radius 3 is 2.76 bits per heavy atom. The van der Waals surface area contributed by atoms with Gasteiger partial charge in [0.1, 0.15) is 0 Å². The molecule has 1 aromatic heterocycles. The SMILES string of the molecule is Cc1cnccc1CNC(=O)CNC(=O)CN. The van der Waals surface area contributed by atoms with Gasteiger partial charge in [-0.05, 0) is 24.1 Å². The Labute approximate surface area is 99.6 Å². The van der Waals surface area contributed by atoms with Gasteiger partial charge >= 0.3 is 0 Å². The summed E-state index contributed by atoms with van der Waals surface area (Å²) in [5.74, 6) is -0.594. The van der Waals surface area contributed by atoms with E-state index in [1.54, 1.807) is 12.4 Å². The van der Waals surface area contributed by atoms with Crippen LogP contribution in [0, 0.1) is 6.92 Å². The van der Waals surface area contributed by atoms with E-state index in [0.29, 0.717) is 6.54 Å². The number of aryl methyl sites for hydroxylation is 1. The molecule has 2 amide bonds. The number of pyridine rings is 1. The Morgan fingerprint density at radius 2 is 2.12 bits per heavy atom. The molecular formula is C11H16N4O2. The van der Waals surface area contributed by atoms with Crippen LogP contribution in [0.5, 0.6) is 0 Å². The van der Waals surface area contributed by atoms with Gasteiger partial charge in [0.25, 0.3) is 0 Å².